The van der Waals surface area contributed by atoms with Gasteiger partial charge in [-0.3, -0.25) is 0 Å². The van der Waals surface area contributed by atoms with Gasteiger partial charge in [0.1, 0.15) is 38.1 Å². The van der Waals surface area contributed by atoms with E-state index in [-0.39, 0.29) is 39.0 Å². The van der Waals surface area contributed by atoms with Gasteiger partial charge in [0.15, 0.2) is 0 Å². The zero-order valence-corrected chi connectivity index (χ0v) is 29.3. The average Bonchev–Trinajstić information content (AvgIpc) is 3.02. The number of primary amides is 4. The standard InChI is InChI=1S/2C7H11NO4.C5H8O2.2C4H9NO3.C2H6O/c1-3-6(9)12-5(2)4-11-7(8)10;1-3-6(9)11-4-5(2)12-7(8)10;1-3-5(6)7-4-2;1-3(6)2-8-4(5)7;1-3(2-6)8-4(5)7;1-2-3/h2*3,5H,1,4H2,2H3,(H2,8,10);3H,1,4H2,2H3;2*3,6H,2H2,1H3,(H2,5,7);3H,2H2,1H3. The lowest BCUT2D eigenvalue weighted by molar-refractivity contribution is -0.144. The van der Waals surface area contributed by atoms with E-state index in [1.165, 1.54) is 6.92 Å². The molecule has 0 aromatic heterocycles. The molecule has 11 N–H and O–H groups in total. The molecule has 0 bridgehead atoms. The van der Waals surface area contributed by atoms with Crippen LogP contribution in [0.2, 0.25) is 0 Å². The maximum atomic E-state index is 10.6. The van der Waals surface area contributed by atoms with E-state index >= 15 is 0 Å². The van der Waals surface area contributed by atoms with Crippen molar-refractivity contribution >= 4 is 42.3 Å². The molecule has 0 fully saturated rings. The third kappa shape index (κ3) is 69.4. The Bertz CT molecular complexity index is 978. The van der Waals surface area contributed by atoms with Crippen LogP contribution in [-0.2, 0) is 47.5 Å². The van der Waals surface area contributed by atoms with E-state index < -0.39 is 60.7 Å². The summed E-state index contributed by atoms with van der Waals surface area (Å²) in [5.74, 6) is -1.48. The number of carbonyl (C=O) groups is 7. The summed E-state index contributed by atoms with van der Waals surface area (Å²) in [6, 6.07) is 0. The maximum Gasteiger partial charge on any atom is 0.404 e. The first-order valence-corrected chi connectivity index (χ1v) is 14.2. The van der Waals surface area contributed by atoms with Gasteiger partial charge in [0.2, 0.25) is 0 Å². The minimum absolute atomic E-state index is 0.0200. The SMILES string of the molecule is C=CC(=O)OC(C)COC(N)=O.C=CC(=O)OCC.C=CC(=O)OCC(C)OC(N)=O.CC(CO)OC(N)=O.CC(O)COC(N)=O.CCO. The molecule has 4 amide bonds. The molecule has 4 unspecified atom stereocenters. The monoisotopic (exact) mass is 730 g/mol. The fourth-order valence-corrected chi connectivity index (χ4v) is 1.61. The highest BCUT2D eigenvalue weighted by Crippen LogP contribution is 1.93. The molecule has 0 spiro atoms. The average molecular weight is 731 g/mol. The number of aliphatic hydroxyl groups excluding tert-OH is 3. The summed E-state index contributed by atoms with van der Waals surface area (Å²) in [5.41, 5.74) is 18.6. The molecule has 0 heterocycles. The predicted octanol–water partition coefficient (Wildman–Crippen LogP) is 0.0579. The molecule has 0 aromatic rings. The van der Waals surface area contributed by atoms with Gasteiger partial charge >= 0.3 is 42.3 Å². The van der Waals surface area contributed by atoms with Gasteiger partial charge in [0.25, 0.3) is 0 Å². The second-order valence-electron chi connectivity index (χ2n) is 8.34. The maximum absolute atomic E-state index is 10.6. The summed E-state index contributed by atoms with van der Waals surface area (Å²) in [6.07, 6.45) is -2.48. The van der Waals surface area contributed by atoms with E-state index in [2.05, 4.69) is 70.1 Å². The van der Waals surface area contributed by atoms with E-state index in [9.17, 15) is 33.6 Å². The molecule has 4 atom stereocenters. The van der Waals surface area contributed by atoms with Gasteiger partial charge in [-0.25, -0.2) is 33.6 Å². The number of aliphatic hydroxyl groups is 3. The quantitative estimate of drug-likeness (QED) is 0.0705. The zero-order chi connectivity index (χ0) is 40.7. The Morgan fingerprint density at radius 3 is 1.16 bits per heavy atom. The summed E-state index contributed by atoms with van der Waals surface area (Å²) in [7, 11) is 0. The first-order chi connectivity index (χ1) is 23.1. The van der Waals surface area contributed by atoms with Gasteiger partial charge in [0, 0.05) is 24.8 Å². The fraction of sp³-hybridized carbons (Fsp3) is 0.552. The first kappa shape index (κ1) is 56.9. The first-order valence-electron chi connectivity index (χ1n) is 14.2. The summed E-state index contributed by atoms with van der Waals surface area (Å²) in [4.78, 5) is 71.0. The van der Waals surface area contributed by atoms with Gasteiger partial charge in [-0.1, -0.05) is 19.7 Å². The number of carbonyl (C=O) groups excluding carboxylic acids is 7. The van der Waals surface area contributed by atoms with Crippen molar-refractivity contribution in [1.29, 1.82) is 0 Å². The largest absolute Gasteiger partial charge is 0.463 e. The van der Waals surface area contributed by atoms with Gasteiger partial charge in [0.05, 0.1) is 19.3 Å². The molecule has 50 heavy (non-hydrogen) atoms. The molecule has 292 valence electrons. The number of ether oxygens (including phenoxy) is 7. The van der Waals surface area contributed by atoms with E-state index in [0.29, 0.717) is 6.61 Å². The lowest BCUT2D eigenvalue weighted by Crippen LogP contribution is -2.25. The molecule has 21 heteroatoms. The van der Waals surface area contributed by atoms with Crippen molar-refractivity contribution in [2.75, 3.05) is 39.6 Å². The van der Waals surface area contributed by atoms with Crippen LogP contribution in [0.25, 0.3) is 0 Å². The van der Waals surface area contributed by atoms with Crippen LogP contribution in [0.15, 0.2) is 38.0 Å². The topological polar surface area (TPSA) is 349 Å². The van der Waals surface area contributed by atoms with Gasteiger partial charge < -0.3 is 71.4 Å². The van der Waals surface area contributed by atoms with Crippen molar-refractivity contribution < 1.29 is 82.0 Å². The summed E-state index contributed by atoms with van der Waals surface area (Å²) < 4.78 is 31.0. The van der Waals surface area contributed by atoms with Crippen molar-refractivity contribution in [1.82, 2.24) is 0 Å². The Hall–Kier alpha value is -5.41. The highest BCUT2D eigenvalue weighted by molar-refractivity contribution is 5.81. The van der Waals surface area contributed by atoms with Crippen LogP contribution in [0, 0.1) is 0 Å². The summed E-state index contributed by atoms with van der Waals surface area (Å²) in [6.45, 7) is 19.6. The highest BCUT2D eigenvalue weighted by atomic mass is 16.6. The second-order valence-corrected chi connectivity index (χ2v) is 8.34. The highest BCUT2D eigenvalue weighted by Gasteiger charge is 2.08. The predicted molar refractivity (Wildman–Crippen MR) is 177 cm³/mol. The Labute approximate surface area is 291 Å². The minimum Gasteiger partial charge on any atom is -0.463 e. The van der Waals surface area contributed by atoms with Crippen LogP contribution in [0.1, 0.15) is 41.5 Å². The number of rotatable bonds is 14. The molecular weight excluding hydrogens is 676 g/mol. The van der Waals surface area contributed by atoms with Crippen LogP contribution in [-0.4, -0.2) is 122 Å². The van der Waals surface area contributed by atoms with Crippen LogP contribution in [0.5, 0.6) is 0 Å². The van der Waals surface area contributed by atoms with E-state index in [0.717, 1.165) is 18.2 Å². The van der Waals surface area contributed by atoms with Crippen LogP contribution >= 0.6 is 0 Å². The number of hydrogen-bond donors (Lipinski definition) is 7. The van der Waals surface area contributed by atoms with Crippen molar-refractivity contribution in [2.24, 2.45) is 22.9 Å². The van der Waals surface area contributed by atoms with Crippen molar-refractivity contribution in [3.05, 3.63) is 38.0 Å². The molecule has 21 nitrogen and oxygen atoms in total. The van der Waals surface area contributed by atoms with Crippen molar-refractivity contribution in [3.8, 4) is 0 Å². The second kappa shape index (κ2) is 41.6. The summed E-state index contributed by atoms with van der Waals surface area (Å²) in [5, 5.41) is 24.3. The molecular formula is C29H54N4O17. The molecule has 0 radical (unpaired) electrons. The number of esters is 3. The Morgan fingerprint density at radius 1 is 0.560 bits per heavy atom. The Morgan fingerprint density at radius 2 is 0.900 bits per heavy atom. The van der Waals surface area contributed by atoms with E-state index in [1.807, 2.05) is 0 Å². The zero-order valence-electron chi connectivity index (χ0n) is 29.3. The van der Waals surface area contributed by atoms with Gasteiger partial charge in [-0.2, -0.15) is 0 Å². The molecule has 0 saturated heterocycles. The number of nitrogens with two attached hydrogens (primary N) is 4. The normalized spacial score (nSPS) is 11.0. The van der Waals surface area contributed by atoms with Crippen LogP contribution in [0.3, 0.4) is 0 Å². The smallest absolute Gasteiger partial charge is 0.404 e. The van der Waals surface area contributed by atoms with Gasteiger partial charge in [-0.05, 0) is 41.5 Å². The Kier molecular flexibility index (Phi) is 47.4. The minimum atomic E-state index is -0.892. The summed E-state index contributed by atoms with van der Waals surface area (Å²) >= 11 is 0. The molecule has 0 rings (SSSR count). The lowest BCUT2D eigenvalue weighted by Gasteiger charge is -2.10. The molecule has 0 aliphatic rings. The molecule has 0 aromatic carbocycles. The van der Waals surface area contributed by atoms with Crippen LogP contribution in [0.4, 0.5) is 19.2 Å². The lowest BCUT2D eigenvalue weighted by atomic mass is 10.4. The Balaban J connectivity index is -0.000000120. The van der Waals surface area contributed by atoms with Crippen molar-refractivity contribution in [2.45, 2.75) is 66.0 Å². The van der Waals surface area contributed by atoms with Crippen LogP contribution < -0.4 is 22.9 Å². The van der Waals surface area contributed by atoms with Crippen molar-refractivity contribution in [3.63, 3.8) is 0 Å². The van der Waals surface area contributed by atoms with E-state index in [4.69, 9.17) is 21.1 Å². The fourth-order valence-electron chi connectivity index (χ4n) is 1.61. The van der Waals surface area contributed by atoms with E-state index in [1.54, 1.807) is 34.6 Å². The third-order valence-electron chi connectivity index (χ3n) is 3.38. The molecule has 0 aliphatic carbocycles. The third-order valence-corrected chi connectivity index (χ3v) is 3.38. The number of amides is 4. The van der Waals surface area contributed by atoms with Gasteiger partial charge in [-0.15, -0.1) is 0 Å². The number of hydrogen-bond acceptors (Lipinski definition) is 17. The molecule has 0 saturated carbocycles. The molecule has 0 aliphatic heterocycles.